The van der Waals surface area contributed by atoms with Crippen molar-refractivity contribution in [2.45, 2.75) is 13.1 Å². The summed E-state index contributed by atoms with van der Waals surface area (Å²) in [6.07, 6.45) is 0. The van der Waals surface area contributed by atoms with Gasteiger partial charge in [0.15, 0.2) is 0 Å². The molecule has 2 heterocycles. The molecule has 0 unspecified atom stereocenters. The van der Waals surface area contributed by atoms with Gasteiger partial charge in [-0.15, -0.1) is 11.3 Å². The average Bonchev–Trinajstić information content (AvgIpc) is 3.21. The van der Waals surface area contributed by atoms with E-state index in [2.05, 4.69) is 5.32 Å². The number of amides is 1. The largest absolute Gasteiger partial charge is 0.332 e. The number of anilines is 1. The Bertz CT molecular complexity index is 1600. The predicted molar refractivity (Wildman–Crippen MR) is 128 cm³/mol. The molecule has 8 heteroatoms. The lowest BCUT2D eigenvalue weighted by molar-refractivity contribution is -0.116. The lowest BCUT2D eigenvalue weighted by Crippen LogP contribution is -2.41. The SMILES string of the molecule is O=C(Cn1c(=O)n(Cc2ccc(F)cc2)c(=O)c2sc3ccccc3c21)Nc1ccccc1. The van der Waals surface area contributed by atoms with Crippen LogP contribution < -0.4 is 16.6 Å². The number of nitrogens with zero attached hydrogens (tertiary/aromatic N) is 2. The van der Waals surface area contributed by atoms with Crippen LogP contribution in [-0.4, -0.2) is 15.0 Å². The number of carbonyl (C=O) groups excluding carboxylic acids is 1. The first-order chi connectivity index (χ1) is 16.0. The summed E-state index contributed by atoms with van der Waals surface area (Å²) in [6.45, 7) is -0.281. The van der Waals surface area contributed by atoms with Gasteiger partial charge in [0.25, 0.3) is 5.56 Å². The lowest BCUT2D eigenvalue weighted by atomic mass is 10.2. The molecule has 5 rings (SSSR count). The minimum absolute atomic E-state index is 0.0254. The molecule has 6 nitrogen and oxygen atoms in total. The molecule has 2 aromatic heterocycles. The first-order valence-corrected chi connectivity index (χ1v) is 11.1. The van der Waals surface area contributed by atoms with Gasteiger partial charge in [-0.1, -0.05) is 48.5 Å². The van der Waals surface area contributed by atoms with E-state index < -0.39 is 17.1 Å². The maximum atomic E-state index is 13.5. The van der Waals surface area contributed by atoms with E-state index in [-0.39, 0.29) is 19.0 Å². The van der Waals surface area contributed by atoms with Crippen molar-refractivity contribution in [1.29, 1.82) is 0 Å². The molecule has 0 aliphatic rings. The highest BCUT2D eigenvalue weighted by Crippen LogP contribution is 2.30. The first-order valence-electron chi connectivity index (χ1n) is 10.3. The molecule has 0 radical (unpaired) electrons. The quantitative estimate of drug-likeness (QED) is 0.428. The Morgan fingerprint density at radius 1 is 0.879 bits per heavy atom. The van der Waals surface area contributed by atoms with Crippen LogP contribution in [0.15, 0.2) is 88.5 Å². The zero-order valence-corrected chi connectivity index (χ0v) is 18.1. The summed E-state index contributed by atoms with van der Waals surface area (Å²) in [5.41, 5.74) is 0.644. The molecule has 164 valence electrons. The van der Waals surface area contributed by atoms with Crippen LogP contribution in [0.1, 0.15) is 5.56 Å². The van der Waals surface area contributed by atoms with Crippen molar-refractivity contribution in [1.82, 2.24) is 9.13 Å². The number of nitrogens with one attached hydrogen (secondary N) is 1. The minimum Gasteiger partial charge on any atom is -0.325 e. The van der Waals surface area contributed by atoms with Gasteiger partial charge < -0.3 is 5.32 Å². The van der Waals surface area contributed by atoms with Gasteiger partial charge in [-0.05, 0) is 35.9 Å². The standard InChI is InChI=1S/C25H18FN3O3S/c26-17-12-10-16(11-13-17)14-29-24(31)23-22(19-8-4-5-9-20(19)33-23)28(25(29)32)15-21(30)27-18-6-2-1-3-7-18/h1-13H,14-15H2,(H,27,30). The molecule has 0 aliphatic carbocycles. The summed E-state index contributed by atoms with van der Waals surface area (Å²) < 4.78 is 17.0. The van der Waals surface area contributed by atoms with Crippen molar-refractivity contribution in [3.8, 4) is 0 Å². The second kappa shape index (κ2) is 8.48. The van der Waals surface area contributed by atoms with E-state index in [9.17, 15) is 18.8 Å². The summed E-state index contributed by atoms with van der Waals surface area (Å²) in [4.78, 5) is 39.6. The fourth-order valence-electron chi connectivity index (χ4n) is 3.82. The number of fused-ring (bicyclic) bond motifs is 3. The Morgan fingerprint density at radius 3 is 2.33 bits per heavy atom. The molecule has 1 N–H and O–H groups in total. The van der Waals surface area contributed by atoms with E-state index >= 15 is 0 Å². The molecule has 5 aromatic rings. The van der Waals surface area contributed by atoms with Crippen molar-refractivity contribution in [3.05, 3.63) is 111 Å². The number of para-hydroxylation sites is 1. The smallest absolute Gasteiger partial charge is 0.325 e. The van der Waals surface area contributed by atoms with Gasteiger partial charge in [-0.3, -0.25) is 18.7 Å². The third-order valence-electron chi connectivity index (χ3n) is 5.35. The van der Waals surface area contributed by atoms with Gasteiger partial charge >= 0.3 is 5.69 Å². The second-order valence-corrected chi connectivity index (χ2v) is 8.63. The van der Waals surface area contributed by atoms with Crippen LogP contribution in [0.5, 0.6) is 0 Å². The number of halogens is 1. The van der Waals surface area contributed by atoms with Gasteiger partial charge in [0.2, 0.25) is 5.91 Å². The Morgan fingerprint density at radius 2 is 1.58 bits per heavy atom. The highest BCUT2D eigenvalue weighted by atomic mass is 32.1. The van der Waals surface area contributed by atoms with Gasteiger partial charge in [0, 0.05) is 15.8 Å². The third kappa shape index (κ3) is 3.96. The summed E-state index contributed by atoms with van der Waals surface area (Å²) in [7, 11) is 0. The number of hydrogen-bond donors (Lipinski definition) is 1. The number of benzene rings is 3. The predicted octanol–water partition coefficient (Wildman–Crippen LogP) is 4.20. The molecule has 0 spiro atoms. The Kier molecular flexibility index (Phi) is 5.35. The summed E-state index contributed by atoms with van der Waals surface area (Å²) in [6, 6.07) is 22.0. The first kappa shape index (κ1) is 20.8. The monoisotopic (exact) mass is 459 g/mol. The summed E-state index contributed by atoms with van der Waals surface area (Å²) in [5.74, 6) is -0.784. The highest BCUT2D eigenvalue weighted by molar-refractivity contribution is 7.25. The molecule has 33 heavy (non-hydrogen) atoms. The number of hydrogen-bond acceptors (Lipinski definition) is 4. The van der Waals surface area contributed by atoms with Crippen LogP contribution >= 0.6 is 11.3 Å². The van der Waals surface area contributed by atoms with E-state index in [0.717, 1.165) is 14.7 Å². The number of aromatic nitrogens is 2. The Labute approximate surface area is 191 Å². The second-order valence-electron chi connectivity index (χ2n) is 7.58. The third-order valence-corrected chi connectivity index (χ3v) is 6.50. The normalized spacial score (nSPS) is 11.2. The van der Waals surface area contributed by atoms with Crippen molar-refractivity contribution in [2.75, 3.05) is 5.32 Å². The summed E-state index contributed by atoms with van der Waals surface area (Å²) >= 11 is 1.28. The van der Waals surface area contributed by atoms with E-state index in [1.807, 2.05) is 30.3 Å². The topological polar surface area (TPSA) is 73.1 Å². The zero-order chi connectivity index (χ0) is 22.9. The summed E-state index contributed by atoms with van der Waals surface area (Å²) in [5, 5.41) is 3.53. The van der Waals surface area contributed by atoms with E-state index in [4.69, 9.17) is 0 Å². The van der Waals surface area contributed by atoms with Crippen LogP contribution in [-0.2, 0) is 17.9 Å². The van der Waals surface area contributed by atoms with Gasteiger partial charge in [0.05, 0.1) is 12.1 Å². The highest BCUT2D eigenvalue weighted by Gasteiger charge is 2.20. The maximum Gasteiger partial charge on any atom is 0.332 e. The van der Waals surface area contributed by atoms with Crippen LogP contribution in [0.3, 0.4) is 0 Å². The van der Waals surface area contributed by atoms with E-state index in [0.29, 0.717) is 21.5 Å². The van der Waals surface area contributed by atoms with Crippen molar-refractivity contribution < 1.29 is 9.18 Å². The Balaban J connectivity index is 1.66. The van der Waals surface area contributed by atoms with Crippen LogP contribution in [0.4, 0.5) is 10.1 Å². The molecule has 0 fully saturated rings. The molecule has 0 bridgehead atoms. The number of carbonyl (C=O) groups is 1. The number of thiophene rings is 1. The molecule has 0 saturated heterocycles. The van der Waals surface area contributed by atoms with Crippen molar-refractivity contribution in [3.63, 3.8) is 0 Å². The van der Waals surface area contributed by atoms with Crippen molar-refractivity contribution >= 4 is 43.2 Å². The molecular formula is C25H18FN3O3S. The Hall–Kier alpha value is -4.04. The lowest BCUT2D eigenvalue weighted by Gasteiger charge is -2.13. The molecule has 0 atom stereocenters. The van der Waals surface area contributed by atoms with Gasteiger partial charge in [-0.2, -0.15) is 0 Å². The van der Waals surface area contributed by atoms with E-state index in [1.165, 1.54) is 40.2 Å². The minimum atomic E-state index is -0.594. The van der Waals surface area contributed by atoms with Crippen LogP contribution in [0.2, 0.25) is 0 Å². The number of rotatable bonds is 5. The molecule has 3 aromatic carbocycles. The maximum absolute atomic E-state index is 13.5. The van der Waals surface area contributed by atoms with Gasteiger partial charge in [0.1, 0.15) is 17.1 Å². The van der Waals surface area contributed by atoms with Crippen LogP contribution in [0, 0.1) is 5.82 Å². The fraction of sp³-hybridized carbons (Fsp3) is 0.0800. The van der Waals surface area contributed by atoms with Gasteiger partial charge in [-0.25, -0.2) is 9.18 Å². The molecule has 0 saturated carbocycles. The average molecular weight is 460 g/mol. The molecular weight excluding hydrogens is 441 g/mol. The van der Waals surface area contributed by atoms with Crippen molar-refractivity contribution in [2.24, 2.45) is 0 Å². The van der Waals surface area contributed by atoms with E-state index in [1.54, 1.807) is 24.3 Å². The fourth-order valence-corrected chi connectivity index (χ4v) is 4.98. The zero-order valence-electron chi connectivity index (χ0n) is 17.3. The molecule has 1 amide bonds. The molecule has 0 aliphatic heterocycles. The van der Waals surface area contributed by atoms with Crippen LogP contribution in [0.25, 0.3) is 20.3 Å².